The van der Waals surface area contributed by atoms with Crippen LogP contribution in [0, 0.1) is 6.92 Å². The minimum absolute atomic E-state index is 1.13. The van der Waals surface area contributed by atoms with Crippen LogP contribution in [0.2, 0.25) is 0 Å². The Morgan fingerprint density at radius 1 is 0.682 bits per heavy atom. The first-order chi connectivity index (χ1) is 10.8. The summed E-state index contributed by atoms with van der Waals surface area (Å²) in [6, 6.07) is 22.2. The number of fused-ring (bicyclic) bond motifs is 4. The second-order valence-electron chi connectivity index (χ2n) is 6.11. The van der Waals surface area contributed by atoms with Crippen molar-refractivity contribution < 1.29 is 0 Å². The Kier molecular flexibility index (Phi) is 3.11. The van der Waals surface area contributed by atoms with Crippen molar-refractivity contribution in [3.05, 3.63) is 71.8 Å². The van der Waals surface area contributed by atoms with Crippen LogP contribution in [0.15, 0.2) is 60.7 Å². The summed E-state index contributed by atoms with van der Waals surface area (Å²) < 4.78 is 0. The molecule has 0 N–H and O–H groups in total. The van der Waals surface area contributed by atoms with E-state index in [1.165, 1.54) is 49.9 Å². The van der Waals surface area contributed by atoms with Crippen LogP contribution < -0.4 is 0 Å². The molecule has 0 saturated carbocycles. The van der Waals surface area contributed by atoms with Gasteiger partial charge in [0.15, 0.2) is 0 Å². The van der Waals surface area contributed by atoms with E-state index in [4.69, 9.17) is 0 Å². The molecule has 0 heterocycles. The molecule has 0 spiro atoms. The highest BCUT2D eigenvalue weighted by atomic mass is 14.2. The summed E-state index contributed by atoms with van der Waals surface area (Å²) in [5, 5.41) is 8.38. The predicted octanol–water partition coefficient (Wildman–Crippen LogP) is 6.41. The lowest BCUT2D eigenvalue weighted by Gasteiger charge is -2.16. The fourth-order valence-electron chi connectivity index (χ4n) is 3.80. The van der Waals surface area contributed by atoms with Gasteiger partial charge >= 0.3 is 0 Å². The first kappa shape index (κ1) is 13.3. The molecule has 4 aromatic carbocycles. The van der Waals surface area contributed by atoms with Crippen LogP contribution in [0.25, 0.3) is 32.3 Å². The SMILES string of the molecule is CCCc1c2ccccc2c(C)c2c1ccc1ccccc12. The molecule has 0 aromatic heterocycles. The lowest BCUT2D eigenvalue weighted by Crippen LogP contribution is -1.93. The highest BCUT2D eigenvalue weighted by molar-refractivity contribution is 6.16. The molecule has 108 valence electrons. The zero-order valence-electron chi connectivity index (χ0n) is 13.2. The molecule has 0 bridgehead atoms. The molecule has 4 rings (SSSR count). The second kappa shape index (κ2) is 5.14. The van der Waals surface area contributed by atoms with Gasteiger partial charge in [-0.15, -0.1) is 0 Å². The van der Waals surface area contributed by atoms with E-state index in [0.29, 0.717) is 0 Å². The van der Waals surface area contributed by atoms with Crippen molar-refractivity contribution in [2.45, 2.75) is 26.7 Å². The topological polar surface area (TPSA) is 0 Å². The minimum Gasteiger partial charge on any atom is -0.0651 e. The molecule has 0 aliphatic heterocycles. The fraction of sp³-hybridized carbons (Fsp3) is 0.182. The first-order valence-corrected chi connectivity index (χ1v) is 8.13. The van der Waals surface area contributed by atoms with E-state index in [1.807, 2.05) is 0 Å². The molecule has 0 heteroatoms. The van der Waals surface area contributed by atoms with Gasteiger partial charge in [-0.25, -0.2) is 0 Å². The number of rotatable bonds is 2. The zero-order valence-corrected chi connectivity index (χ0v) is 13.2. The predicted molar refractivity (Wildman–Crippen MR) is 97.7 cm³/mol. The number of aryl methyl sites for hydroxylation is 2. The molecule has 0 atom stereocenters. The lowest BCUT2D eigenvalue weighted by atomic mass is 9.88. The summed E-state index contributed by atoms with van der Waals surface area (Å²) in [5.41, 5.74) is 2.91. The average molecular weight is 284 g/mol. The molecule has 22 heavy (non-hydrogen) atoms. The maximum absolute atomic E-state index is 2.32. The molecule has 0 aliphatic rings. The van der Waals surface area contributed by atoms with E-state index in [1.54, 1.807) is 0 Å². The monoisotopic (exact) mass is 284 g/mol. The maximum atomic E-state index is 2.32. The van der Waals surface area contributed by atoms with E-state index in [0.717, 1.165) is 6.42 Å². The van der Waals surface area contributed by atoms with E-state index < -0.39 is 0 Å². The van der Waals surface area contributed by atoms with Crippen LogP contribution in [0.4, 0.5) is 0 Å². The van der Waals surface area contributed by atoms with Crippen LogP contribution in [-0.2, 0) is 6.42 Å². The molecule has 0 radical (unpaired) electrons. The van der Waals surface area contributed by atoms with Crippen molar-refractivity contribution in [3.63, 3.8) is 0 Å². The summed E-state index contributed by atoms with van der Waals surface area (Å²) >= 11 is 0. The number of benzene rings is 4. The van der Waals surface area contributed by atoms with Crippen molar-refractivity contribution >= 4 is 32.3 Å². The average Bonchev–Trinajstić information content (AvgIpc) is 2.58. The summed E-state index contributed by atoms with van der Waals surface area (Å²) in [4.78, 5) is 0. The lowest BCUT2D eigenvalue weighted by molar-refractivity contribution is 0.936. The van der Waals surface area contributed by atoms with Gasteiger partial charge in [0.1, 0.15) is 0 Å². The maximum Gasteiger partial charge on any atom is -0.00669 e. The Bertz CT molecular complexity index is 993. The van der Waals surface area contributed by atoms with E-state index in [2.05, 4.69) is 74.5 Å². The highest BCUT2D eigenvalue weighted by Gasteiger charge is 2.12. The number of hydrogen-bond acceptors (Lipinski definition) is 0. The fourth-order valence-corrected chi connectivity index (χ4v) is 3.80. The van der Waals surface area contributed by atoms with E-state index in [9.17, 15) is 0 Å². The van der Waals surface area contributed by atoms with Crippen molar-refractivity contribution in [2.24, 2.45) is 0 Å². The molecule has 0 saturated heterocycles. The Morgan fingerprint density at radius 3 is 2.14 bits per heavy atom. The summed E-state index contributed by atoms with van der Waals surface area (Å²) in [5.74, 6) is 0. The molecule has 4 aromatic rings. The van der Waals surface area contributed by atoms with Crippen LogP contribution in [0.3, 0.4) is 0 Å². The molecular formula is C22H20. The van der Waals surface area contributed by atoms with Crippen LogP contribution in [-0.4, -0.2) is 0 Å². The van der Waals surface area contributed by atoms with Crippen molar-refractivity contribution in [1.29, 1.82) is 0 Å². The highest BCUT2D eigenvalue weighted by Crippen LogP contribution is 2.37. The van der Waals surface area contributed by atoms with Gasteiger partial charge in [-0.1, -0.05) is 74.0 Å². The molecule has 0 unspecified atom stereocenters. The standard InChI is InChI=1S/C22H20/c1-3-8-19-20-12-7-6-10-17(20)15(2)22-18-11-5-4-9-16(18)13-14-21(19)22/h4-7,9-14H,3,8H2,1-2H3. The van der Waals surface area contributed by atoms with Crippen molar-refractivity contribution in [3.8, 4) is 0 Å². The quantitative estimate of drug-likeness (QED) is 0.295. The Labute approximate surface area is 131 Å². The third kappa shape index (κ3) is 1.84. The summed E-state index contributed by atoms with van der Waals surface area (Å²) in [6.45, 7) is 4.54. The van der Waals surface area contributed by atoms with Gasteiger partial charge in [-0.05, 0) is 56.8 Å². The van der Waals surface area contributed by atoms with E-state index >= 15 is 0 Å². The summed E-state index contributed by atoms with van der Waals surface area (Å²) in [6.07, 6.45) is 2.31. The largest absolute Gasteiger partial charge is 0.0651 e. The van der Waals surface area contributed by atoms with Gasteiger partial charge in [0, 0.05) is 0 Å². The first-order valence-electron chi connectivity index (χ1n) is 8.13. The van der Waals surface area contributed by atoms with Gasteiger partial charge in [-0.2, -0.15) is 0 Å². The molecule has 0 aliphatic carbocycles. The Hall–Kier alpha value is -2.34. The van der Waals surface area contributed by atoms with Gasteiger partial charge < -0.3 is 0 Å². The number of hydrogen-bond donors (Lipinski definition) is 0. The van der Waals surface area contributed by atoms with Gasteiger partial charge in [0.05, 0.1) is 0 Å². The molecule has 0 nitrogen and oxygen atoms in total. The molecule has 0 amide bonds. The third-order valence-electron chi connectivity index (χ3n) is 4.79. The van der Waals surface area contributed by atoms with Crippen LogP contribution in [0.5, 0.6) is 0 Å². The van der Waals surface area contributed by atoms with Crippen molar-refractivity contribution in [2.75, 3.05) is 0 Å². The normalized spacial score (nSPS) is 11.5. The molecular weight excluding hydrogens is 264 g/mol. The zero-order chi connectivity index (χ0) is 15.1. The summed E-state index contributed by atoms with van der Waals surface area (Å²) in [7, 11) is 0. The van der Waals surface area contributed by atoms with Crippen molar-refractivity contribution in [1.82, 2.24) is 0 Å². The Morgan fingerprint density at radius 2 is 1.36 bits per heavy atom. The smallest absolute Gasteiger partial charge is 0.00669 e. The van der Waals surface area contributed by atoms with Gasteiger partial charge in [0.25, 0.3) is 0 Å². The van der Waals surface area contributed by atoms with Gasteiger partial charge in [-0.3, -0.25) is 0 Å². The Balaban J connectivity index is 2.31. The minimum atomic E-state index is 1.13. The van der Waals surface area contributed by atoms with E-state index in [-0.39, 0.29) is 0 Å². The van der Waals surface area contributed by atoms with Crippen LogP contribution in [0.1, 0.15) is 24.5 Å². The van der Waals surface area contributed by atoms with Gasteiger partial charge in [0.2, 0.25) is 0 Å². The third-order valence-corrected chi connectivity index (χ3v) is 4.79. The second-order valence-corrected chi connectivity index (χ2v) is 6.11. The molecule has 0 fully saturated rings. The van der Waals surface area contributed by atoms with Crippen LogP contribution >= 0.6 is 0 Å².